The van der Waals surface area contributed by atoms with Gasteiger partial charge in [0, 0.05) is 33.9 Å². The highest BCUT2D eigenvalue weighted by Gasteiger charge is 2.45. The number of carboxylic acids is 2. The zero-order valence-corrected chi connectivity index (χ0v) is 26.1. The van der Waals surface area contributed by atoms with Crippen molar-refractivity contribution in [2.75, 3.05) is 5.32 Å². The fourth-order valence-electron chi connectivity index (χ4n) is 6.37. The van der Waals surface area contributed by atoms with Gasteiger partial charge in [0.1, 0.15) is 25.1 Å². The summed E-state index contributed by atoms with van der Waals surface area (Å²) in [7, 11) is -10.7. The van der Waals surface area contributed by atoms with Crippen LogP contribution >= 0.6 is 0 Å². The van der Waals surface area contributed by atoms with Crippen molar-refractivity contribution in [2.24, 2.45) is 0 Å². The third kappa shape index (κ3) is 4.44. The van der Waals surface area contributed by atoms with Crippen LogP contribution in [0.25, 0.3) is 5.57 Å². The van der Waals surface area contributed by atoms with Gasteiger partial charge in [0.15, 0.2) is 22.4 Å². The van der Waals surface area contributed by atoms with Crippen LogP contribution in [0.5, 0.6) is 11.5 Å². The van der Waals surface area contributed by atoms with Gasteiger partial charge in [-0.2, -0.15) is 0 Å². The number of nitrogens with one attached hydrogen (secondary N) is 2. The molecule has 3 aromatic rings. The summed E-state index contributed by atoms with van der Waals surface area (Å²) < 4.78 is 83.5. The summed E-state index contributed by atoms with van der Waals surface area (Å²) in [4.78, 5) is 25.7. The first-order chi connectivity index (χ1) is 20.7. The lowest BCUT2D eigenvalue weighted by molar-refractivity contribution is -0.539. The predicted octanol–water partition coefficient (Wildman–Crippen LogP) is 0.542. The first kappa shape index (κ1) is 30.7. The summed E-state index contributed by atoms with van der Waals surface area (Å²) in [5.74, 6) is -4.46. The monoisotopic (exact) mass is 655 g/mol. The molecule has 0 radical (unpaired) electrons. The fraction of sp³-hybridized carbons (Fsp3) is 0.300. The molecule has 45 heavy (non-hydrogen) atoms. The van der Waals surface area contributed by atoms with Crippen molar-refractivity contribution in [3.8, 4) is 11.5 Å². The molecule has 0 aromatic heterocycles. The van der Waals surface area contributed by atoms with Gasteiger partial charge < -0.3 is 29.4 Å². The summed E-state index contributed by atoms with van der Waals surface area (Å²) in [6.07, 6.45) is 0. The quantitative estimate of drug-likeness (QED) is 0.216. The van der Waals surface area contributed by atoms with E-state index in [9.17, 15) is 45.7 Å². The minimum Gasteiger partial charge on any atom is -0.744 e. The highest BCUT2D eigenvalue weighted by atomic mass is 32.2. The third-order valence-corrected chi connectivity index (χ3v) is 11.0. The molecule has 3 unspecified atom stereocenters. The fourth-order valence-corrected chi connectivity index (χ4v) is 7.98. The Morgan fingerprint density at radius 1 is 0.911 bits per heavy atom. The number of ether oxygens (including phenoxy) is 1. The normalized spacial score (nSPS) is 21.0. The Kier molecular flexibility index (Phi) is 6.55. The van der Waals surface area contributed by atoms with Gasteiger partial charge in [-0.3, -0.25) is 0 Å². The molecule has 0 amide bonds. The zero-order valence-electron chi connectivity index (χ0n) is 24.5. The van der Waals surface area contributed by atoms with E-state index in [-0.39, 0.29) is 56.5 Å². The Labute approximate surface area is 257 Å². The van der Waals surface area contributed by atoms with E-state index in [4.69, 9.17) is 4.74 Å². The number of rotatable bonds is 5. The van der Waals surface area contributed by atoms with E-state index in [2.05, 4.69) is 10.3 Å². The summed E-state index contributed by atoms with van der Waals surface area (Å²) in [5, 5.41) is 22.7. The van der Waals surface area contributed by atoms with Crippen LogP contribution in [0.15, 0.2) is 40.1 Å². The minimum atomic E-state index is -5.36. The number of hydrogen-bond acceptors (Lipinski definition) is 10. The van der Waals surface area contributed by atoms with Gasteiger partial charge in [0.25, 0.3) is 0 Å². The molecule has 4 N–H and O–H groups in total. The zero-order chi connectivity index (χ0) is 33.1. The lowest BCUT2D eigenvalue weighted by Crippen LogP contribution is -2.81. The molecule has 0 saturated carbocycles. The van der Waals surface area contributed by atoms with Gasteiger partial charge in [-0.15, -0.1) is 0 Å². The Morgan fingerprint density at radius 2 is 1.56 bits per heavy atom. The maximum Gasteiger partial charge on any atom is 0.336 e. The van der Waals surface area contributed by atoms with Crippen LogP contribution in [0, 0.1) is 0 Å². The van der Waals surface area contributed by atoms with Crippen LogP contribution in [0.3, 0.4) is 0 Å². The Balaban J connectivity index is 1.92. The molecule has 236 valence electrons. The average molecular weight is 656 g/mol. The first-order valence-electron chi connectivity index (χ1n) is 13.8. The number of hydrogen-bond donors (Lipinski definition) is 4. The van der Waals surface area contributed by atoms with Crippen molar-refractivity contribution in [2.45, 2.75) is 67.8 Å². The number of benzene rings is 3. The first-order valence-corrected chi connectivity index (χ1v) is 16.6. The number of aromatic carboxylic acids is 2. The summed E-state index contributed by atoms with van der Waals surface area (Å²) in [6, 6.07) is 5.62. The van der Waals surface area contributed by atoms with E-state index < -0.39 is 64.4 Å². The van der Waals surface area contributed by atoms with Crippen LogP contribution in [-0.4, -0.2) is 60.2 Å². The smallest absolute Gasteiger partial charge is 0.336 e. The van der Waals surface area contributed by atoms with Crippen molar-refractivity contribution < 1.29 is 55.5 Å². The Bertz CT molecular complexity index is 2260. The van der Waals surface area contributed by atoms with Crippen LogP contribution in [-0.2, 0) is 25.7 Å². The predicted molar refractivity (Wildman–Crippen MR) is 154 cm³/mol. The summed E-state index contributed by atoms with van der Waals surface area (Å²) >= 11 is 0. The van der Waals surface area contributed by atoms with Gasteiger partial charge in [-0.05, 0) is 63.1 Å². The highest BCUT2D eigenvalue weighted by Crippen LogP contribution is 2.51. The molecule has 15 heteroatoms. The molecule has 3 atom stereocenters. The topological polar surface area (TPSA) is 224 Å². The van der Waals surface area contributed by atoms with E-state index in [0.29, 0.717) is 11.1 Å². The molecule has 0 saturated heterocycles. The standard InChI is InChI=1S/C30H28N2O11S2/c1-11-12(2)31-22-16(11)9-18-21(15-7-6-14(28(33)34)8-17(15)29(35)36)19-10-20-23(32-13(3)30(20,4)5)27(45(40,41)42)25(19)43-24(18)26(22)44(37,38)39/h6-13,31H,1-5H3,(H,33,34)(H,35,36)(H,37,38,39)(H,40,41,42)/p-1. The number of fused-ring (bicyclic) bond motifs is 4. The lowest BCUT2D eigenvalue weighted by atomic mass is 9.79. The second kappa shape index (κ2) is 9.59. The Morgan fingerprint density at radius 3 is 2.13 bits per heavy atom. The van der Waals surface area contributed by atoms with Crippen molar-refractivity contribution in [1.82, 2.24) is 0 Å². The van der Waals surface area contributed by atoms with Crippen LogP contribution in [0.2, 0.25) is 0 Å². The molecule has 3 aliphatic heterocycles. The maximum absolute atomic E-state index is 13.0. The van der Waals surface area contributed by atoms with Gasteiger partial charge in [0.2, 0.25) is 5.36 Å². The van der Waals surface area contributed by atoms with Gasteiger partial charge in [-0.25, -0.2) is 31.4 Å². The highest BCUT2D eigenvalue weighted by molar-refractivity contribution is 7.86. The number of anilines is 1. The van der Waals surface area contributed by atoms with Crippen LogP contribution in [0.4, 0.5) is 5.69 Å². The molecule has 0 spiro atoms. The Hall–Kier alpha value is -4.31. The maximum atomic E-state index is 13.0. The molecule has 0 fully saturated rings. The molecule has 3 aliphatic rings. The van der Waals surface area contributed by atoms with Crippen molar-refractivity contribution in [1.29, 1.82) is 0 Å². The van der Waals surface area contributed by atoms with Crippen LogP contribution < -0.4 is 25.6 Å². The largest absolute Gasteiger partial charge is 0.744 e. The van der Waals surface area contributed by atoms with E-state index >= 15 is 0 Å². The minimum absolute atomic E-state index is 0.0463. The second-order valence-corrected chi connectivity index (χ2v) is 14.7. The van der Waals surface area contributed by atoms with Crippen molar-refractivity contribution >= 4 is 43.4 Å². The molecular formula is C30H27N2O11S2-. The van der Waals surface area contributed by atoms with E-state index in [1.54, 1.807) is 32.9 Å². The SMILES string of the molecule is CC1Nc2c(cc3c(c2S(=O)(=O)[O-])Oc2c(S(=O)(=O)[O-])c4c(cc2=C3c2ccc(C(=O)O)cc2C(=O)O)C(C)(C)C(C)[NH+]=4)C1C. The van der Waals surface area contributed by atoms with Gasteiger partial charge >= 0.3 is 11.9 Å². The molecule has 3 aromatic carbocycles. The molecule has 0 aliphatic carbocycles. The molecule has 6 rings (SSSR count). The third-order valence-electron chi connectivity index (χ3n) is 9.26. The van der Waals surface area contributed by atoms with Crippen molar-refractivity contribution in [3.63, 3.8) is 0 Å². The lowest BCUT2D eigenvalue weighted by Gasteiger charge is -2.29. The molecule has 13 nitrogen and oxygen atoms in total. The summed E-state index contributed by atoms with van der Waals surface area (Å²) in [6.45, 7) is 8.96. The van der Waals surface area contributed by atoms with E-state index in [1.807, 2.05) is 13.8 Å². The molecule has 0 bridgehead atoms. The van der Waals surface area contributed by atoms with Gasteiger partial charge in [0.05, 0.1) is 22.2 Å². The summed E-state index contributed by atoms with van der Waals surface area (Å²) in [5.41, 5.74) is -1.08. The molecular weight excluding hydrogens is 628 g/mol. The van der Waals surface area contributed by atoms with Crippen LogP contribution in [0.1, 0.15) is 83.5 Å². The van der Waals surface area contributed by atoms with E-state index in [0.717, 1.165) is 12.1 Å². The van der Waals surface area contributed by atoms with Gasteiger partial charge in [-0.1, -0.05) is 13.0 Å². The average Bonchev–Trinajstić information content (AvgIpc) is 3.32. The number of carboxylic acid groups (broad SMARTS) is 2. The van der Waals surface area contributed by atoms with E-state index in [1.165, 1.54) is 6.07 Å². The number of carbonyl (C=O) groups is 2. The van der Waals surface area contributed by atoms with Crippen molar-refractivity contribution in [3.05, 3.63) is 74.3 Å². The second-order valence-electron chi connectivity index (χ2n) is 12.1. The molecule has 3 heterocycles.